The van der Waals surface area contributed by atoms with E-state index in [1.165, 1.54) is 16.0 Å². The van der Waals surface area contributed by atoms with E-state index in [0.717, 1.165) is 10.6 Å². The Morgan fingerprint density at radius 2 is 1.89 bits per heavy atom. The first-order chi connectivity index (χ1) is 8.56. The maximum absolute atomic E-state index is 5.81. The second-order valence-electron chi connectivity index (χ2n) is 4.57. The van der Waals surface area contributed by atoms with Crippen molar-refractivity contribution in [2.45, 2.75) is 36.7 Å². The molecule has 1 aromatic carbocycles. The van der Waals surface area contributed by atoms with Gasteiger partial charge in [-0.1, -0.05) is 23.9 Å². The molecule has 0 unspecified atom stereocenters. The summed E-state index contributed by atoms with van der Waals surface area (Å²) >= 11 is 1.68. The minimum Gasteiger partial charge on any atom is -0.324 e. The molecule has 0 fully saturated rings. The predicted molar refractivity (Wildman–Crippen MR) is 76.9 cm³/mol. The fourth-order valence-electron chi connectivity index (χ4n) is 1.62. The molecule has 18 heavy (non-hydrogen) atoms. The van der Waals surface area contributed by atoms with E-state index in [-0.39, 0.29) is 6.04 Å². The average molecular weight is 258 g/mol. The van der Waals surface area contributed by atoms with Crippen molar-refractivity contribution in [1.29, 1.82) is 0 Å². The number of nitrogens with zero attached hydrogens (tertiary/aromatic N) is 1. The summed E-state index contributed by atoms with van der Waals surface area (Å²) in [4.78, 5) is 5.65. The number of hydrogen-bond donors (Lipinski definition) is 1. The van der Waals surface area contributed by atoms with E-state index < -0.39 is 0 Å². The third-order valence-corrected chi connectivity index (χ3v) is 3.93. The van der Waals surface area contributed by atoms with Gasteiger partial charge in [0, 0.05) is 17.1 Å². The SMILES string of the molecule is Cc1ccc(Sc2ccc([C@@H](C)N)cn2)cc1C. The number of nitrogens with two attached hydrogens (primary N) is 1. The summed E-state index contributed by atoms with van der Waals surface area (Å²) in [5, 5.41) is 1.00. The molecule has 0 aliphatic rings. The van der Waals surface area contributed by atoms with Crippen LogP contribution in [-0.4, -0.2) is 4.98 Å². The standard InChI is InChI=1S/C15H18N2S/c1-10-4-6-14(8-11(10)2)18-15-7-5-13(9-17-15)12(3)16/h4-9,12H,16H2,1-3H3/t12-/m1/s1. The summed E-state index contributed by atoms with van der Waals surface area (Å²) in [6, 6.07) is 10.6. The molecule has 0 saturated carbocycles. The van der Waals surface area contributed by atoms with Gasteiger partial charge in [-0.3, -0.25) is 0 Å². The van der Waals surface area contributed by atoms with Crippen molar-refractivity contribution in [3.63, 3.8) is 0 Å². The Hall–Kier alpha value is -1.32. The Morgan fingerprint density at radius 3 is 2.44 bits per heavy atom. The molecule has 1 atom stereocenters. The molecule has 1 heterocycles. The van der Waals surface area contributed by atoms with Crippen LogP contribution in [0.1, 0.15) is 29.7 Å². The lowest BCUT2D eigenvalue weighted by Crippen LogP contribution is -2.04. The Morgan fingerprint density at radius 1 is 1.11 bits per heavy atom. The predicted octanol–water partition coefficient (Wildman–Crippen LogP) is 3.87. The molecule has 0 radical (unpaired) electrons. The van der Waals surface area contributed by atoms with Crippen molar-refractivity contribution in [3.8, 4) is 0 Å². The van der Waals surface area contributed by atoms with E-state index in [4.69, 9.17) is 5.73 Å². The summed E-state index contributed by atoms with van der Waals surface area (Å²) in [7, 11) is 0. The molecule has 2 N–H and O–H groups in total. The molecule has 0 aliphatic carbocycles. The summed E-state index contributed by atoms with van der Waals surface area (Å²) in [6.45, 7) is 6.22. The van der Waals surface area contributed by atoms with Gasteiger partial charge in [0.25, 0.3) is 0 Å². The molecule has 0 bridgehead atoms. The third-order valence-electron chi connectivity index (χ3n) is 2.99. The highest BCUT2D eigenvalue weighted by Gasteiger charge is 2.03. The maximum atomic E-state index is 5.81. The molecule has 0 spiro atoms. The number of aromatic nitrogens is 1. The van der Waals surface area contributed by atoms with Gasteiger partial charge in [0.15, 0.2) is 0 Å². The van der Waals surface area contributed by atoms with Crippen LogP contribution in [0, 0.1) is 13.8 Å². The Kier molecular flexibility index (Phi) is 4.04. The summed E-state index contributed by atoms with van der Waals surface area (Å²) in [6.07, 6.45) is 1.86. The molecular weight excluding hydrogens is 240 g/mol. The van der Waals surface area contributed by atoms with E-state index >= 15 is 0 Å². The van der Waals surface area contributed by atoms with Gasteiger partial charge in [-0.2, -0.15) is 0 Å². The van der Waals surface area contributed by atoms with Crippen LogP contribution < -0.4 is 5.73 Å². The fourth-order valence-corrected chi connectivity index (χ4v) is 2.47. The van der Waals surface area contributed by atoms with Gasteiger partial charge in [-0.15, -0.1) is 0 Å². The zero-order valence-electron chi connectivity index (χ0n) is 11.0. The lowest BCUT2D eigenvalue weighted by molar-refractivity contribution is 0.806. The minimum atomic E-state index is 0.0400. The smallest absolute Gasteiger partial charge is 0.101 e. The van der Waals surface area contributed by atoms with Crippen LogP contribution in [0.15, 0.2) is 46.5 Å². The van der Waals surface area contributed by atoms with E-state index in [2.05, 4.69) is 37.0 Å². The molecule has 0 amide bonds. The van der Waals surface area contributed by atoms with Crippen LogP contribution in [0.2, 0.25) is 0 Å². The lowest BCUT2D eigenvalue weighted by atomic mass is 10.1. The van der Waals surface area contributed by atoms with E-state index in [0.29, 0.717) is 0 Å². The van der Waals surface area contributed by atoms with Gasteiger partial charge >= 0.3 is 0 Å². The molecule has 1 aromatic heterocycles. The zero-order chi connectivity index (χ0) is 13.1. The van der Waals surface area contributed by atoms with Crippen molar-refractivity contribution in [1.82, 2.24) is 4.98 Å². The first-order valence-corrected chi connectivity index (χ1v) is 6.84. The van der Waals surface area contributed by atoms with Crippen LogP contribution in [0.5, 0.6) is 0 Å². The normalized spacial score (nSPS) is 12.4. The molecule has 0 saturated heterocycles. The van der Waals surface area contributed by atoms with Crippen molar-refractivity contribution in [2.75, 3.05) is 0 Å². The Bertz CT molecular complexity index is 533. The van der Waals surface area contributed by atoms with Crippen molar-refractivity contribution in [3.05, 3.63) is 53.2 Å². The van der Waals surface area contributed by atoms with Crippen LogP contribution >= 0.6 is 11.8 Å². The van der Waals surface area contributed by atoms with Crippen LogP contribution in [0.4, 0.5) is 0 Å². The molecule has 2 aromatic rings. The fraction of sp³-hybridized carbons (Fsp3) is 0.267. The first-order valence-electron chi connectivity index (χ1n) is 6.03. The van der Waals surface area contributed by atoms with E-state index in [1.54, 1.807) is 11.8 Å². The van der Waals surface area contributed by atoms with Gasteiger partial charge in [-0.05, 0) is 55.7 Å². The number of aryl methyl sites for hydroxylation is 2. The second kappa shape index (κ2) is 5.55. The largest absolute Gasteiger partial charge is 0.324 e. The molecule has 94 valence electrons. The molecule has 0 aliphatic heterocycles. The summed E-state index contributed by atoms with van der Waals surface area (Å²) in [5.41, 5.74) is 9.51. The first kappa shape index (κ1) is 13.1. The number of hydrogen-bond acceptors (Lipinski definition) is 3. The van der Waals surface area contributed by atoms with Gasteiger partial charge in [-0.25, -0.2) is 4.98 Å². The van der Waals surface area contributed by atoms with Gasteiger partial charge in [0.2, 0.25) is 0 Å². The monoisotopic (exact) mass is 258 g/mol. The Labute approximate surface area is 113 Å². The third kappa shape index (κ3) is 3.12. The Balaban J connectivity index is 2.15. The highest BCUT2D eigenvalue weighted by atomic mass is 32.2. The van der Waals surface area contributed by atoms with Gasteiger partial charge in [0.1, 0.15) is 5.03 Å². The zero-order valence-corrected chi connectivity index (χ0v) is 11.8. The van der Waals surface area contributed by atoms with E-state index in [9.17, 15) is 0 Å². The quantitative estimate of drug-likeness (QED) is 0.908. The lowest BCUT2D eigenvalue weighted by Gasteiger charge is -2.07. The summed E-state index contributed by atoms with van der Waals surface area (Å²) in [5.74, 6) is 0. The van der Waals surface area contributed by atoms with Crippen LogP contribution in [-0.2, 0) is 0 Å². The average Bonchev–Trinajstić information content (AvgIpc) is 2.34. The van der Waals surface area contributed by atoms with E-state index in [1.807, 2.05) is 25.3 Å². The highest BCUT2D eigenvalue weighted by molar-refractivity contribution is 7.99. The van der Waals surface area contributed by atoms with Crippen molar-refractivity contribution in [2.24, 2.45) is 5.73 Å². The highest BCUT2D eigenvalue weighted by Crippen LogP contribution is 2.27. The summed E-state index contributed by atoms with van der Waals surface area (Å²) < 4.78 is 0. The number of benzene rings is 1. The van der Waals surface area contributed by atoms with Crippen molar-refractivity contribution >= 4 is 11.8 Å². The van der Waals surface area contributed by atoms with Crippen LogP contribution in [0.25, 0.3) is 0 Å². The topological polar surface area (TPSA) is 38.9 Å². The van der Waals surface area contributed by atoms with Gasteiger partial charge in [0.05, 0.1) is 0 Å². The maximum Gasteiger partial charge on any atom is 0.101 e. The minimum absolute atomic E-state index is 0.0400. The second-order valence-corrected chi connectivity index (χ2v) is 5.66. The molecular formula is C15H18N2S. The molecule has 2 nitrogen and oxygen atoms in total. The van der Waals surface area contributed by atoms with Gasteiger partial charge < -0.3 is 5.73 Å². The number of pyridine rings is 1. The molecule has 2 rings (SSSR count). The van der Waals surface area contributed by atoms with Crippen molar-refractivity contribution < 1.29 is 0 Å². The number of rotatable bonds is 3. The van der Waals surface area contributed by atoms with Crippen LogP contribution in [0.3, 0.4) is 0 Å². The molecule has 3 heteroatoms.